The molecule has 0 spiro atoms. The highest BCUT2D eigenvalue weighted by Gasteiger charge is 2.21. The monoisotopic (exact) mass is 560 g/mol. The predicted molar refractivity (Wildman–Crippen MR) is 175 cm³/mol. The van der Waals surface area contributed by atoms with E-state index in [-0.39, 0.29) is 0 Å². The Hall–Kier alpha value is -5.04. The molecule has 0 saturated carbocycles. The van der Waals surface area contributed by atoms with Crippen molar-refractivity contribution >= 4 is 78.2 Å². The zero-order chi connectivity index (χ0) is 28.0. The largest absolute Gasteiger partial charge is 0.569 e. The van der Waals surface area contributed by atoms with Gasteiger partial charge in [0.1, 0.15) is 16.9 Å². The summed E-state index contributed by atoms with van der Waals surface area (Å²) in [5.74, 6) is 0.548. The van der Waals surface area contributed by atoms with Crippen LogP contribution in [0.1, 0.15) is 0 Å². The van der Waals surface area contributed by atoms with Crippen molar-refractivity contribution in [2.75, 3.05) is 4.90 Å². The van der Waals surface area contributed by atoms with Crippen LogP contribution in [0.4, 0.5) is 17.1 Å². The molecule has 0 amide bonds. The van der Waals surface area contributed by atoms with Crippen molar-refractivity contribution in [3.8, 4) is 16.9 Å². The number of anilines is 3. The van der Waals surface area contributed by atoms with Crippen LogP contribution in [0.15, 0.2) is 138 Å². The molecule has 199 valence electrons. The van der Waals surface area contributed by atoms with Crippen LogP contribution in [-0.4, -0.2) is 12.7 Å². The molecule has 0 aliphatic heterocycles. The quantitative estimate of drug-likeness (QED) is 0.206. The van der Waals surface area contributed by atoms with Gasteiger partial charge in [-0.3, -0.25) is 0 Å². The smallest absolute Gasteiger partial charge is 0.537 e. The van der Waals surface area contributed by atoms with E-state index >= 15 is 0 Å². The van der Waals surface area contributed by atoms with E-state index in [9.17, 15) is 5.02 Å². The summed E-state index contributed by atoms with van der Waals surface area (Å²) in [5.41, 5.74) is 6.68. The van der Waals surface area contributed by atoms with E-state index in [1.54, 1.807) is 0 Å². The minimum Gasteiger partial charge on any atom is -0.537 e. The van der Waals surface area contributed by atoms with Gasteiger partial charge in [-0.2, -0.15) is 0 Å². The Morgan fingerprint density at radius 3 is 2.19 bits per heavy atom. The van der Waals surface area contributed by atoms with E-state index in [4.69, 9.17) is 9.07 Å². The van der Waals surface area contributed by atoms with Crippen LogP contribution in [-0.2, 0) is 0 Å². The number of hydrogen-bond acceptors (Lipinski definition) is 5. The number of para-hydroxylation sites is 1. The van der Waals surface area contributed by atoms with Gasteiger partial charge >= 0.3 is 7.69 Å². The van der Waals surface area contributed by atoms with Crippen LogP contribution in [0.25, 0.3) is 53.2 Å². The standard InChI is InChI=1S/C36H23BNO3S/c39-37-41-26-16-18-32(30(22-26)23-8-2-1-3-9-23)38(24-15-19-36-31(20-24)29-11-5-7-13-35(29)42-36)25-14-17-28-27-10-4-6-12-33(27)40-34(28)21-25/h1-22,39H. The fourth-order valence-corrected chi connectivity index (χ4v) is 6.91. The van der Waals surface area contributed by atoms with Gasteiger partial charge < -0.3 is 19.0 Å². The highest BCUT2D eigenvalue weighted by Crippen LogP contribution is 2.45. The molecule has 0 aliphatic carbocycles. The van der Waals surface area contributed by atoms with Crippen molar-refractivity contribution in [3.05, 3.63) is 133 Å². The average Bonchev–Trinajstić information content (AvgIpc) is 3.60. The number of benzene rings is 6. The van der Waals surface area contributed by atoms with Crippen molar-refractivity contribution in [2.24, 2.45) is 0 Å². The SMILES string of the molecule is O[B]Oc1ccc(N(c2ccc3c(c2)oc2ccccc23)c2ccc3sc4ccccc4c3c2)c(-c2ccccc2)c1. The molecule has 0 saturated heterocycles. The third kappa shape index (κ3) is 4.12. The average molecular weight is 560 g/mol. The summed E-state index contributed by atoms with van der Waals surface area (Å²) in [4.78, 5) is 2.27. The minimum atomic E-state index is 0.548. The van der Waals surface area contributed by atoms with Crippen LogP contribution in [0.5, 0.6) is 5.75 Å². The van der Waals surface area contributed by atoms with Gasteiger partial charge in [0.15, 0.2) is 0 Å². The third-order valence-corrected chi connectivity index (χ3v) is 8.87. The molecule has 0 aliphatic rings. The summed E-state index contributed by atoms with van der Waals surface area (Å²) in [6, 6.07) is 45.9. The van der Waals surface area contributed by atoms with Crippen molar-refractivity contribution in [2.45, 2.75) is 0 Å². The van der Waals surface area contributed by atoms with Gasteiger partial charge in [0, 0.05) is 53.9 Å². The maximum atomic E-state index is 9.38. The van der Waals surface area contributed by atoms with E-state index in [2.05, 4.69) is 83.8 Å². The second-order valence-electron chi connectivity index (χ2n) is 10.2. The summed E-state index contributed by atoms with van der Waals surface area (Å²) < 4.78 is 14.2. The van der Waals surface area contributed by atoms with Crippen LogP contribution in [0, 0.1) is 0 Å². The highest BCUT2D eigenvalue weighted by molar-refractivity contribution is 7.25. The molecule has 1 N–H and O–H groups in total. The van der Waals surface area contributed by atoms with Crippen LogP contribution < -0.4 is 9.55 Å². The van der Waals surface area contributed by atoms with Gasteiger partial charge in [-0.1, -0.05) is 66.7 Å². The van der Waals surface area contributed by atoms with Gasteiger partial charge in [0.2, 0.25) is 0 Å². The first-order chi connectivity index (χ1) is 20.8. The molecule has 6 aromatic carbocycles. The number of thiophene rings is 1. The lowest BCUT2D eigenvalue weighted by molar-refractivity contribution is 0.454. The van der Waals surface area contributed by atoms with Gasteiger partial charge in [-0.05, 0) is 66.2 Å². The molecule has 2 heterocycles. The predicted octanol–water partition coefficient (Wildman–Crippen LogP) is 10.00. The first-order valence-corrected chi connectivity index (χ1v) is 14.5. The normalized spacial score (nSPS) is 11.5. The Kier molecular flexibility index (Phi) is 5.95. The molecule has 8 rings (SSSR count). The maximum Gasteiger partial charge on any atom is 0.569 e. The first kappa shape index (κ1) is 24.7. The lowest BCUT2D eigenvalue weighted by Crippen LogP contribution is -2.11. The second-order valence-corrected chi connectivity index (χ2v) is 11.2. The van der Waals surface area contributed by atoms with Gasteiger partial charge in [-0.15, -0.1) is 11.3 Å². The molecule has 0 fully saturated rings. The first-order valence-electron chi connectivity index (χ1n) is 13.7. The second kappa shape index (κ2) is 10.1. The third-order valence-electron chi connectivity index (χ3n) is 7.72. The van der Waals surface area contributed by atoms with E-state index < -0.39 is 0 Å². The molecule has 42 heavy (non-hydrogen) atoms. The Morgan fingerprint density at radius 1 is 0.595 bits per heavy atom. The molecular weight excluding hydrogens is 537 g/mol. The van der Waals surface area contributed by atoms with E-state index in [1.165, 1.54) is 20.2 Å². The Balaban J connectivity index is 1.40. The molecule has 0 bridgehead atoms. The summed E-state index contributed by atoms with van der Waals surface area (Å²) in [6.07, 6.45) is 0. The van der Waals surface area contributed by atoms with Gasteiger partial charge in [0.05, 0.1) is 5.69 Å². The van der Waals surface area contributed by atoms with Crippen LogP contribution in [0.3, 0.4) is 0 Å². The molecule has 2 aromatic heterocycles. The molecule has 4 nitrogen and oxygen atoms in total. The summed E-state index contributed by atoms with van der Waals surface area (Å²) in [5, 5.41) is 14.0. The maximum absolute atomic E-state index is 9.38. The van der Waals surface area contributed by atoms with Gasteiger partial charge in [0.25, 0.3) is 0 Å². The summed E-state index contributed by atoms with van der Waals surface area (Å²) >= 11 is 1.81. The van der Waals surface area contributed by atoms with Crippen molar-refractivity contribution in [3.63, 3.8) is 0 Å². The van der Waals surface area contributed by atoms with Gasteiger partial charge in [-0.25, -0.2) is 0 Å². The number of nitrogens with zero attached hydrogens (tertiary/aromatic N) is 1. The Bertz CT molecular complexity index is 2240. The van der Waals surface area contributed by atoms with Crippen LogP contribution >= 0.6 is 11.3 Å². The number of rotatable bonds is 6. The zero-order valence-electron chi connectivity index (χ0n) is 22.4. The van der Waals surface area contributed by atoms with Crippen molar-refractivity contribution in [1.29, 1.82) is 0 Å². The fraction of sp³-hybridized carbons (Fsp3) is 0. The number of fused-ring (bicyclic) bond motifs is 6. The van der Waals surface area contributed by atoms with Crippen LogP contribution in [0.2, 0.25) is 0 Å². The molecule has 8 aromatic rings. The molecule has 0 atom stereocenters. The number of hydrogen-bond donors (Lipinski definition) is 1. The van der Waals surface area contributed by atoms with E-state index in [0.29, 0.717) is 13.4 Å². The Labute approximate surface area is 246 Å². The fourth-order valence-electron chi connectivity index (χ4n) is 5.83. The number of furan rings is 1. The summed E-state index contributed by atoms with van der Waals surface area (Å²) in [7, 11) is 0.715. The van der Waals surface area contributed by atoms with E-state index in [1.807, 2.05) is 65.9 Å². The molecule has 0 unspecified atom stereocenters. The highest BCUT2D eigenvalue weighted by atomic mass is 32.1. The molecule has 1 radical (unpaired) electrons. The minimum absolute atomic E-state index is 0.548. The lowest BCUT2D eigenvalue weighted by atomic mass is 10.0. The zero-order valence-corrected chi connectivity index (χ0v) is 23.2. The van der Waals surface area contributed by atoms with E-state index in [0.717, 1.165) is 50.1 Å². The van der Waals surface area contributed by atoms with Crippen molar-refractivity contribution in [1.82, 2.24) is 0 Å². The Morgan fingerprint density at radius 2 is 1.31 bits per heavy atom. The van der Waals surface area contributed by atoms with Crippen molar-refractivity contribution < 1.29 is 14.1 Å². The summed E-state index contributed by atoms with van der Waals surface area (Å²) in [6.45, 7) is 0. The molecular formula is C36H23BNO3S. The molecule has 6 heteroatoms. The lowest BCUT2D eigenvalue weighted by Gasteiger charge is -2.28. The topological polar surface area (TPSA) is 45.8 Å².